The minimum atomic E-state index is -3.25. The van der Waals surface area contributed by atoms with Crippen LogP contribution in [0.15, 0.2) is 23.2 Å². The zero-order valence-electron chi connectivity index (χ0n) is 18.2. The number of aryl methyl sites for hydroxylation is 1. The minimum absolute atomic E-state index is 0.0244. The molecular formula is C21H29N3O5S2. The van der Waals surface area contributed by atoms with Crippen molar-refractivity contribution in [2.24, 2.45) is 10.9 Å². The quantitative estimate of drug-likeness (QED) is 0.582. The van der Waals surface area contributed by atoms with Gasteiger partial charge in [-0.3, -0.25) is 9.59 Å². The number of hydrogen-bond acceptors (Lipinski definition) is 6. The predicted molar refractivity (Wildman–Crippen MR) is 120 cm³/mol. The number of hydrogen-bond donors (Lipinski definition) is 0. The molecule has 3 rings (SSSR count). The van der Waals surface area contributed by atoms with Gasteiger partial charge in [-0.05, 0) is 43.4 Å². The zero-order chi connectivity index (χ0) is 22.6. The Morgan fingerprint density at radius 1 is 1.26 bits per heavy atom. The van der Waals surface area contributed by atoms with Crippen LogP contribution in [0.2, 0.25) is 0 Å². The molecule has 1 aliphatic heterocycles. The molecule has 0 N–H and O–H groups in total. The number of carbonyl (C=O) groups excluding carboxylic acids is 2. The van der Waals surface area contributed by atoms with Crippen molar-refractivity contribution in [2.45, 2.75) is 45.6 Å². The van der Waals surface area contributed by atoms with Gasteiger partial charge in [0.15, 0.2) is 4.80 Å². The maximum absolute atomic E-state index is 12.9. The summed E-state index contributed by atoms with van der Waals surface area (Å²) in [4.78, 5) is 29.6. The van der Waals surface area contributed by atoms with Crippen molar-refractivity contribution in [3.63, 3.8) is 0 Å². The van der Waals surface area contributed by atoms with Crippen LogP contribution in [-0.2, 0) is 37.3 Å². The number of unbranched alkanes of at least 4 members (excludes halogenated alkanes) is 1. The number of thiazole rings is 1. The molecule has 31 heavy (non-hydrogen) atoms. The van der Waals surface area contributed by atoms with Crippen LogP contribution < -0.4 is 4.80 Å². The van der Waals surface area contributed by atoms with Crippen LogP contribution in [0.1, 0.15) is 38.2 Å². The van der Waals surface area contributed by atoms with Crippen molar-refractivity contribution >= 4 is 43.5 Å². The molecule has 1 amide bonds. The van der Waals surface area contributed by atoms with E-state index in [9.17, 15) is 18.0 Å². The fourth-order valence-corrected chi connectivity index (χ4v) is 5.68. The van der Waals surface area contributed by atoms with Crippen molar-refractivity contribution in [2.75, 3.05) is 26.5 Å². The van der Waals surface area contributed by atoms with E-state index in [2.05, 4.69) is 18.0 Å². The highest BCUT2D eigenvalue weighted by Crippen LogP contribution is 2.23. The molecule has 0 unspecified atom stereocenters. The number of methoxy groups -OCH3 is 1. The van der Waals surface area contributed by atoms with Crippen LogP contribution in [0.5, 0.6) is 0 Å². The van der Waals surface area contributed by atoms with Crippen LogP contribution in [0, 0.1) is 5.92 Å². The molecule has 1 aliphatic rings. The minimum Gasteiger partial charge on any atom is -0.468 e. The van der Waals surface area contributed by atoms with Crippen molar-refractivity contribution < 1.29 is 22.7 Å². The maximum Gasteiger partial charge on any atom is 0.325 e. The van der Waals surface area contributed by atoms with E-state index in [1.165, 1.54) is 34.6 Å². The molecule has 0 atom stereocenters. The molecule has 0 saturated carbocycles. The molecule has 1 aromatic heterocycles. The lowest BCUT2D eigenvalue weighted by molar-refractivity contribution is -0.141. The predicted octanol–water partition coefficient (Wildman–Crippen LogP) is 2.32. The van der Waals surface area contributed by atoms with Gasteiger partial charge in [-0.25, -0.2) is 12.7 Å². The molecule has 170 valence electrons. The summed E-state index contributed by atoms with van der Waals surface area (Å²) in [5, 5.41) is 0. The summed E-state index contributed by atoms with van der Waals surface area (Å²) in [6.45, 7) is 2.76. The Hall–Kier alpha value is -2.04. The fourth-order valence-electron chi connectivity index (χ4n) is 3.71. The summed E-state index contributed by atoms with van der Waals surface area (Å²) >= 11 is 1.38. The number of piperidine rings is 1. The van der Waals surface area contributed by atoms with Gasteiger partial charge in [0.25, 0.3) is 5.91 Å². The average Bonchev–Trinajstić information content (AvgIpc) is 3.07. The van der Waals surface area contributed by atoms with Gasteiger partial charge in [0.05, 0.1) is 23.6 Å². The van der Waals surface area contributed by atoms with Crippen LogP contribution >= 0.6 is 11.3 Å². The topological polar surface area (TPSA) is 98.0 Å². The Balaban J connectivity index is 1.91. The van der Waals surface area contributed by atoms with Gasteiger partial charge in [-0.1, -0.05) is 30.7 Å². The van der Waals surface area contributed by atoms with E-state index in [0.29, 0.717) is 30.7 Å². The molecule has 0 spiro atoms. The molecular weight excluding hydrogens is 438 g/mol. The standard InChI is InChI=1S/C21H29N3O5S2/c1-4-5-6-15-7-8-17-18(13-15)30-21(24(17)14-19(25)29-2)22-20(26)16-9-11-23(12-10-16)31(3,27)28/h7-8,13,16H,4-6,9-12,14H2,1-3H3. The normalized spacial score (nSPS) is 16.7. The molecule has 1 saturated heterocycles. The van der Waals surface area contributed by atoms with Crippen LogP contribution in [0.4, 0.5) is 0 Å². The molecule has 1 fully saturated rings. The Morgan fingerprint density at radius 3 is 2.58 bits per heavy atom. The first-order valence-corrected chi connectivity index (χ1v) is 13.1. The van der Waals surface area contributed by atoms with Crippen LogP contribution in [-0.4, -0.2) is 55.6 Å². The largest absolute Gasteiger partial charge is 0.468 e. The molecule has 1 aromatic carbocycles. The lowest BCUT2D eigenvalue weighted by Crippen LogP contribution is -2.39. The summed E-state index contributed by atoms with van der Waals surface area (Å²) in [6, 6.07) is 6.11. The van der Waals surface area contributed by atoms with Crippen molar-refractivity contribution in [1.82, 2.24) is 8.87 Å². The maximum atomic E-state index is 12.9. The zero-order valence-corrected chi connectivity index (χ0v) is 19.8. The van der Waals surface area contributed by atoms with Gasteiger partial charge in [0, 0.05) is 19.0 Å². The Bertz CT molecular complexity index is 1130. The third-order valence-corrected chi connectivity index (χ3v) is 7.90. The van der Waals surface area contributed by atoms with Gasteiger partial charge < -0.3 is 9.30 Å². The van der Waals surface area contributed by atoms with Crippen LogP contribution in [0.3, 0.4) is 0 Å². The Kier molecular flexibility index (Phi) is 7.66. The van der Waals surface area contributed by atoms with Gasteiger partial charge in [0.1, 0.15) is 6.54 Å². The van der Waals surface area contributed by atoms with Crippen LogP contribution in [0.25, 0.3) is 10.2 Å². The lowest BCUT2D eigenvalue weighted by atomic mass is 9.98. The number of sulfonamides is 1. The molecule has 0 bridgehead atoms. The number of amides is 1. The first-order valence-electron chi connectivity index (χ1n) is 10.5. The highest BCUT2D eigenvalue weighted by Gasteiger charge is 2.29. The summed E-state index contributed by atoms with van der Waals surface area (Å²) in [7, 11) is -1.92. The number of rotatable bonds is 7. The number of fused-ring (bicyclic) bond motifs is 1. The first-order chi connectivity index (χ1) is 14.7. The number of esters is 1. The summed E-state index contributed by atoms with van der Waals surface area (Å²) < 4.78 is 32.3. The lowest BCUT2D eigenvalue weighted by Gasteiger charge is -2.28. The monoisotopic (exact) mass is 467 g/mol. The average molecular weight is 468 g/mol. The van der Waals surface area contributed by atoms with E-state index in [4.69, 9.17) is 4.74 Å². The SMILES string of the molecule is CCCCc1ccc2c(c1)sc(=NC(=O)C1CCN(S(C)(=O)=O)CC1)n2CC(=O)OC. The highest BCUT2D eigenvalue weighted by molar-refractivity contribution is 7.88. The third kappa shape index (κ3) is 5.81. The number of benzene rings is 1. The molecule has 2 aromatic rings. The van der Waals surface area contributed by atoms with Gasteiger partial charge in [-0.15, -0.1) is 0 Å². The van der Waals surface area contributed by atoms with E-state index < -0.39 is 16.0 Å². The van der Waals surface area contributed by atoms with E-state index >= 15 is 0 Å². The molecule has 0 aliphatic carbocycles. The number of aromatic nitrogens is 1. The molecule has 8 nitrogen and oxygen atoms in total. The number of ether oxygens (including phenoxy) is 1. The number of carbonyl (C=O) groups is 2. The summed E-state index contributed by atoms with van der Waals surface area (Å²) in [5.41, 5.74) is 2.06. The molecule has 0 radical (unpaired) electrons. The van der Waals surface area contributed by atoms with E-state index in [1.807, 2.05) is 12.1 Å². The van der Waals surface area contributed by atoms with E-state index in [1.54, 1.807) is 4.57 Å². The van der Waals surface area contributed by atoms with Crippen molar-refractivity contribution in [3.05, 3.63) is 28.6 Å². The second kappa shape index (κ2) is 10.1. The van der Waals surface area contributed by atoms with Gasteiger partial charge in [0.2, 0.25) is 10.0 Å². The second-order valence-corrected chi connectivity index (χ2v) is 10.8. The van der Waals surface area contributed by atoms with Crippen molar-refractivity contribution in [1.29, 1.82) is 0 Å². The second-order valence-electron chi connectivity index (χ2n) is 7.84. The Labute approximate surface area is 186 Å². The van der Waals surface area contributed by atoms with E-state index in [-0.39, 0.29) is 18.4 Å². The summed E-state index contributed by atoms with van der Waals surface area (Å²) in [6.07, 6.45) is 5.25. The molecule has 10 heteroatoms. The third-order valence-electron chi connectivity index (χ3n) is 5.56. The highest BCUT2D eigenvalue weighted by atomic mass is 32.2. The van der Waals surface area contributed by atoms with Crippen molar-refractivity contribution in [3.8, 4) is 0 Å². The smallest absolute Gasteiger partial charge is 0.325 e. The number of nitrogens with zero attached hydrogens (tertiary/aromatic N) is 3. The summed E-state index contributed by atoms with van der Waals surface area (Å²) in [5.74, 6) is -1.01. The fraction of sp³-hybridized carbons (Fsp3) is 0.571. The Morgan fingerprint density at radius 2 is 1.97 bits per heavy atom. The first kappa shape index (κ1) is 23.6. The molecule has 2 heterocycles. The van der Waals surface area contributed by atoms with Gasteiger partial charge >= 0.3 is 5.97 Å². The van der Waals surface area contributed by atoms with E-state index in [0.717, 1.165) is 29.5 Å². The van der Waals surface area contributed by atoms with Gasteiger partial charge in [-0.2, -0.15) is 4.99 Å².